The molecule has 0 aromatic carbocycles. The van der Waals surface area contributed by atoms with Gasteiger partial charge < -0.3 is 10.4 Å². The molecule has 0 radical (unpaired) electrons. The van der Waals surface area contributed by atoms with Gasteiger partial charge in [0.15, 0.2) is 0 Å². The van der Waals surface area contributed by atoms with Crippen LogP contribution in [0.1, 0.15) is 24.8 Å². The Labute approximate surface area is 111 Å². The second kappa shape index (κ2) is 6.75. The van der Waals surface area contributed by atoms with E-state index in [9.17, 15) is 9.90 Å². The number of pyridine rings is 1. The second-order valence-electron chi connectivity index (χ2n) is 4.50. The predicted molar refractivity (Wildman–Crippen MR) is 73.5 cm³/mol. The number of thioether (sulfide) groups is 1. The molecular weight excluding hydrogens is 248 g/mol. The molecule has 1 aliphatic heterocycles. The van der Waals surface area contributed by atoms with Gasteiger partial charge in [-0.2, -0.15) is 11.8 Å². The van der Waals surface area contributed by atoms with Gasteiger partial charge in [0, 0.05) is 18.2 Å². The van der Waals surface area contributed by atoms with E-state index in [1.807, 2.05) is 11.8 Å². The highest BCUT2D eigenvalue weighted by Crippen LogP contribution is 2.25. The minimum absolute atomic E-state index is 0.0228. The lowest BCUT2D eigenvalue weighted by Crippen LogP contribution is -2.20. The van der Waals surface area contributed by atoms with Crippen LogP contribution in [0.15, 0.2) is 18.5 Å². The molecule has 18 heavy (non-hydrogen) atoms. The van der Waals surface area contributed by atoms with Crippen LogP contribution < -0.4 is 5.32 Å². The Kier molecular flexibility index (Phi) is 5.01. The fourth-order valence-electron chi connectivity index (χ4n) is 2.09. The van der Waals surface area contributed by atoms with Gasteiger partial charge in [-0.15, -0.1) is 0 Å². The average molecular weight is 266 g/mol. The van der Waals surface area contributed by atoms with Crippen molar-refractivity contribution in [2.75, 3.05) is 16.8 Å². The molecule has 2 rings (SSSR count). The van der Waals surface area contributed by atoms with Crippen LogP contribution in [0.2, 0.25) is 0 Å². The van der Waals surface area contributed by atoms with Gasteiger partial charge in [0.2, 0.25) is 5.91 Å². The number of carbonyl (C=O) groups is 1. The fraction of sp³-hybridized carbons (Fsp3) is 0.538. The molecule has 0 saturated carbocycles. The van der Waals surface area contributed by atoms with Gasteiger partial charge in [0.1, 0.15) is 0 Å². The summed E-state index contributed by atoms with van der Waals surface area (Å²) < 4.78 is 0. The van der Waals surface area contributed by atoms with Crippen LogP contribution in [-0.2, 0) is 11.4 Å². The minimum atomic E-state index is -0.0851. The summed E-state index contributed by atoms with van der Waals surface area (Å²) in [6, 6.07) is 1.72. The number of carbonyl (C=O) groups excluding carboxylic acids is 1. The molecule has 0 bridgehead atoms. The zero-order chi connectivity index (χ0) is 12.8. The van der Waals surface area contributed by atoms with Crippen LogP contribution in [0.3, 0.4) is 0 Å². The summed E-state index contributed by atoms with van der Waals surface area (Å²) in [4.78, 5) is 15.9. The zero-order valence-electron chi connectivity index (χ0n) is 10.3. The maximum absolute atomic E-state index is 11.9. The molecule has 1 aromatic rings. The highest BCUT2D eigenvalue weighted by atomic mass is 32.2. The highest BCUT2D eigenvalue weighted by molar-refractivity contribution is 7.99. The summed E-state index contributed by atoms with van der Waals surface area (Å²) in [6.45, 7) is -0.0851. The van der Waals surface area contributed by atoms with E-state index >= 15 is 0 Å². The number of rotatable bonds is 4. The van der Waals surface area contributed by atoms with Crippen molar-refractivity contribution in [3.05, 3.63) is 24.0 Å². The third kappa shape index (κ3) is 3.71. The van der Waals surface area contributed by atoms with Gasteiger partial charge in [-0.1, -0.05) is 0 Å². The highest BCUT2D eigenvalue weighted by Gasteiger charge is 2.17. The molecule has 0 atom stereocenters. The van der Waals surface area contributed by atoms with E-state index in [0.29, 0.717) is 23.6 Å². The lowest BCUT2D eigenvalue weighted by atomic mass is 9.98. The lowest BCUT2D eigenvalue weighted by molar-refractivity contribution is -0.117. The van der Waals surface area contributed by atoms with Gasteiger partial charge in [0.05, 0.1) is 18.5 Å². The van der Waals surface area contributed by atoms with E-state index in [1.165, 1.54) is 0 Å². The fourth-order valence-corrected chi connectivity index (χ4v) is 3.29. The quantitative estimate of drug-likeness (QED) is 0.875. The third-order valence-electron chi connectivity index (χ3n) is 3.17. The molecule has 0 aliphatic carbocycles. The number of amides is 1. The van der Waals surface area contributed by atoms with Crippen molar-refractivity contribution < 1.29 is 9.90 Å². The molecule has 98 valence electrons. The van der Waals surface area contributed by atoms with Gasteiger partial charge in [-0.3, -0.25) is 9.78 Å². The number of aromatic nitrogens is 1. The summed E-state index contributed by atoms with van der Waals surface area (Å²) in [5, 5.41) is 12.0. The topological polar surface area (TPSA) is 62.2 Å². The summed E-state index contributed by atoms with van der Waals surface area (Å²) >= 11 is 1.96. The summed E-state index contributed by atoms with van der Waals surface area (Å²) in [7, 11) is 0. The smallest absolute Gasteiger partial charge is 0.224 e. The van der Waals surface area contributed by atoms with Crippen LogP contribution in [0.5, 0.6) is 0 Å². The molecule has 1 saturated heterocycles. The lowest BCUT2D eigenvalue weighted by Gasteiger charge is -2.20. The Morgan fingerprint density at radius 3 is 3.00 bits per heavy atom. The molecule has 0 spiro atoms. The van der Waals surface area contributed by atoms with Crippen molar-refractivity contribution in [3.8, 4) is 0 Å². The SMILES string of the molecule is O=C(CC1CCSCC1)Nc1cnccc1CO. The maximum Gasteiger partial charge on any atom is 0.224 e. The molecule has 1 aromatic heterocycles. The van der Waals surface area contributed by atoms with Gasteiger partial charge in [-0.25, -0.2) is 0 Å². The van der Waals surface area contributed by atoms with Crippen LogP contribution in [0, 0.1) is 5.92 Å². The summed E-state index contributed by atoms with van der Waals surface area (Å²) in [5.41, 5.74) is 1.33. The first-order valence-electron chi connectivity index (χ1n) is 6.21. The molecule has 5 heteroatoms. The molecule has 1 amide bonds. The van der Waals surface area contributed by atoms with Crippen LogP contribution in [0.25, 0.3) is 0 Å². The monoisotopic (exact) mass is 266 g/mol. The Morgan fingerprint density at radius 2 is 2.28 bits per heavy atom. The molecule has 2 heterocycles. The Bertz CT molecular complexity index is 406. The number of aliphatic hydroxyl groups is 1. The molecule has 1 fully saturated rings. The maximum atomic E-state index is 11.9. The first-order valence-corrected chi connectivity index (χ1v) is 7.36. The van der Waals surface area contributed by atoms with Crippen molar-refractivity contribution in [2.45, 2.75) is 25.9 Å². The van der Waals surface area contributed by atoms with Crippen molar-refractivity contribution in [2.24, 2.45) is 5.92 Å². The molecular formula is C13H18N2O2S. The Balaban J connectivity index is 1.90. The zero-order valence-corrected chi connectivity index (χ0v) is 11.1. The van der Waals surface area contributed by atoms with Gasteiger partial charge in [-0.05, 0) is 36.3 Å². The summed E-state index contributed by atoms with van der Waals surface area (Å²) in [6.07, 6.45) is 6.01. The molecule has 0 unspecified atom stereocenters. The number of nitrogens with one attached hydrogen (secondary N) is 1. The van der Waals surface area contributed by atoms with E-state index in [2.05, 4.69) is 10.3 Å². The molecule has 1 aliphatic rings. The Morgan fingerprint density at radius 1 is 1.50 bits per heavy atom. The second-order valence-corrected chi connectivity index (χ2v) is 5.72. The molecule has 2 N–H and O–H groups in total. The van der Waals surface area contributed by atoms with Gasteiger partial charge in [0.25, 0.3) is 0 Å². The standard InChI is InChI=1S/C13H18N2O2S/c16-9-11-1-4-14-8-12(11)15-13(17)7-10-2-5-18-6-3-10/h1,4,8,10,16H,2-3,5-7,9H2,(H,15,17). The molecule has 4 nitrogen and oxygen atoms in total. The Hall–Kier alpha value is -1.07. The number of nitrogens with zero attached hydrogens (tertiary/aromatic N) is 1. The van der Waals surface area contributed by atoms with Crippen molar-refractivity contribution in [3.63, 3.8) is 0 Å². The predicted octanol–water partition coefficient (Wildman–Crippen LogP) is 2.05. The summed E-state index contributed by atoms with van der Waals surface area (Å²) in [5.74, 6) is 2.84. The van der Waals surface area contributed by atoms with Crippen molar-refractivity contribution in [1.29, 1.82) is 0 Å². The van der Waals surface area contributed by atoms with Crippen molar-refractivity contribution in [1.82, 2.24) is 4.98 Å². The van der Waals surface area contributed by atoms with E-state index in [-0.39, 0.29) is 12.5 Å². The van der Waals surface area contributed by atoms with E-state index in [4.69, 9.17) is 0 Å². The van der Waals surface area contributed by atoms with E-state index in [1.54, 1.807) is 18.5 Å². The van der Waals surface area contributed by atoms with Gasteiger partial charge >= 0.3 is 0 Å². The largest absolute Gasteiger partial charge is 0.392 e. The van der Waals surface area contributed by atoms with E-state index < -0.39 is 0 Å². The number of hydrogen-bond donors (Lipinski definition) is 2. The first kappa shape index (κ1) is 13.4. The normalized spacial score (nSPS) is 16.5. The van der Waals surface area contributed by atoms with Crippen LogP contribution in [0.4, 0.5) is 5.69 Å². The van der Waals surface area contributed by atoms with Crippen LogP contribution >= 0.6 is 11.8 Å². The third-order valence-corrected chi connectivity index (χ3v) is 4.22. The van der Waals surface area contributed by atoms with Crippen molar-refractivity contribution >= 4 is 23.4 Å². The van der Waals surface area contributed by atoms with E-state index in [0.717, 1.165) is 24.3 Å². The first-order chi connectivity index (χ1) is 8.79. The minimum Gasteiger partial charge on any atom is -0.392 e. The number of anilines is 1. The number of hydrogen-bond acceptors (Lipinski definition) is 4. The average Bonchev–Trinajstić information content (AvgIpc) is 2.40. The number of aliphatic hydroxyl groups excluding tert-OH is 1. The van der Waals surface area contributed by atoms with Crippen LogP contribution in [-0.4, -0.2) is 27.5 Å².